The Labute approximate surface area is 144 Å². The third-order valence-electron chi connectivity index (χ3n) is 3.42. The molecule has 2 N–H and O–H groups in total. The van der Waals surface area contributed by atoms with Crippen LogP contribution in [0.15, 0.2) is 29.2 Å². The number of phenols is 1. The first-order chi connectivity index (χ1) is 10.9. The van der Waals surface area contributed by atoms with Gasteiger partial charge in [0.15, 0.2) is 0 Å². The van der Waals surface area contributed by atoms with Crippen molar-refractivity contribution in [2.24, 2.45) is 0 Å². The molecule has 0 aliphatic carbocycles. The number of aliphatic carboxylic acids is 1. The number of rotatable bonds is 6. The van der Waals surface area contributed by atoms with E-state index in [1.165, 1.54) is 17.0 Å². The Balaban J connectivity index is 2.26. The van der Waals surface area contributed by atoms with Gasteiger partial charge in [0.05, 0.1) is 4.91 Å². The Morgan fingerprint density at radius 1 is 1.48 bits per heavy atom. The number of carboxylic acid groups (broad SMARTS) is 1. The van der Waals surface area contributed by atoms with Crippen LogP contribution in [0.1, 0.15) is 31.7 Å². The standard InChI is InChI=1S/C16H17NO4S2/c1-2-3-7-12(15(20)21)17-14(19)13(23-16(17)22)9-10-5-4-6-11(18)8-10/h4-6,8-9,12,18H,2-3,7H2,1H3,(H,20,21)/b13-9-. The van der Waals surface area contributed by atoms with Crippen LogP contribution in [0.2, 0.25) is 0 Å². The monoisotopic (exact) mass is 351 g/mol. The predicted octanol–water partition coefficient (Wildman–Crippen LogP) is 3.24. The molecule has 1 amide bonds. The minimum atomic E-state index is -1.05. The molecule has 1 aliphatic heterocycles. The summed E-state index contributed by atoms with van der Waals surface area (Å²) in [5.41, 5.74) is 0.658. The molecule has 7 heteroatoms. The Bertz CT molecular complexity index is 672. The molecule has 1 atom stereocenters. The van der Waals surface area contributed by atoms with Gasteiger partial charge in [0.1, 0.15) is 16.1 Å². The molecule has 122 valence electrons. The fraction of sp³-hybridized carbons (Fsp3) is 0.312. The van der Waals surface area contributed by atoms with Crippen LogP contribution in [-0.4, -0.2) is 37.4 Å². The molecule has 0 bridgehead atoms. The van der Waals surface area contributed by atoms with Gasteiger partial charge in [-0.1, -0.05) is 55.9 Å². The van der Waals surface area contributed by atoms with Gasteiger partial charge in [0.2, 0.25) is 0 Å². The Kier molecular flexibility index (Phi) is 5.79. The second-order valence-corrected chi connectivity index (χ2v) is 6.82. The maximum Gasteiger partial charge on any atom is 0.326 e. The van der Waals surface area contributed by atoms with Crippen molar-refractivity contribution in [1.29, 1.82) is 0 Å². The van der Waals surface area contributed by atoms with E-state index in [-0.39, 0.29) is 10.1 Å². The molecule has 1 aromatic carbocycles. The second kappa shape index (κ2) is 7.61. The maximum atomic E-state index is 12.5. The Morgan fingerprint density at radius 3 is 2.83 bits per heavy atom. The second-order valence-electron chi connectivity index (χ2n) is 5.14. The summed E-state index contributed by atoms with van der Waals surface area (Å²) in [6.07, 6.45) is 3.53. The van der Waals surface area contributed by atoms with Crippen LogP contribution in [0.3, 0.4) is 0 Å². The van der Waals surface area contributed by atoms with E-state index in [4.69, 9.17) is 12.2 Å². The number of hydrogen-bond donors (Lipinski definition) is 2. The molecule has 0 saturated carbocycles. The van der Waals surface area contributed by atoms with Crippen molar-refractivity contribution in [1.82, 2.24) is 4.90 Å². The molecule has 23 heavy (non-hydrogen) atoms. The topological polar surface area (TPSA) is 77.8 Å². The van der Waals surface area contributed by atoms with Gasteiger partial charge in [-0.15, -0.1) is 0 Å². The molecule has 0 spiro atoms. The highest BCUT2D eigenvalue weighted by Crippen LogP contribution is 2.35. The largest absolute Gasteiger partial charge is 0.508 e. The number of thioether (sulfide) groups is 1. The molecule has 0 aromatic heterocycles. The van der Waals surface area contributed by atoms with Crippen molar-refractivity contribution < 1.29 is 19.8 Å². The molecule has 1 aliphatic rings. The molecular formula is C16H17NO4S2. The van der Waals surface area contributed by atoms with E-state index in [2.05, 4.69) is 0 Å². The van der Waals surface area contributed by atoms with Crippen LogP contribution in [0.5, 0.6) is 5.75 Å². The van der Waals surface area contributed by atoms with Gasteiger partial charge < -0.3 is 10.2 Å². The fourth-order valence-corrected chi connectivity index (χ4v) is 3.63. The lowest BCUT2D eigenvalue weighted by Crippen LogP contribution is -2.43. The average Bonchev–Trinajstić information content (AvgIpc) is 2.75. The van der Waals surface area contributed by atoms with Crippen LogP contribution < -0.4 is 0 Å². The van der Waals surface area contributed by atoms with Crippen molar-refractivity contribution in [2.45, 2.75) is 32.2 Å². The summed E-state index contributed by atoms with van der Waals surface area (Å²) in [4.78, 5) is 25.6. The first-order valence-electron chi connectivity index (χ1n) is 7.23. The zero-order valence-corrected chi connectivity index (χ0v) is 14.2. The average molecular weight is 351 g/mol. The predicted molar refractivity (Wildman–Crippen MR) is 94.1 cm³/mol. The van der Waals surface area contributed by atoms with Crippen molar-refractivity contribution in [3.63, 3.8) is 0 Å². The van der Waals surface area contributed by atoms with Crippen molar-refractivity contribution in [3.05, 3.63) is 34.7 Å². The summed E-state index contributed by atoms with van der Waals surface area (Å²) < 4.78 is 0.255. The number of hydrogen-bond acceptors (Lipinski definition) is 5. The van der Waals surface area contributed by atoms with E-state index >= 15 is 0 Å². The quantitative estimate of drug-likeness (QED) is 0.605. The van der Waals surface area contributed by atoms with Crippen molar-refractivity contribution in [2.75, 3.05) is 0 Å². The fourth-order valence-electron chi connectivity index (χ4n) is 2.27. The maximum absolute atomic E-state index is 12.5. The zero-order chi connectivity index (χ0) is 17.0. The summed E-state index contributed by atoms with van der Waals surface area (Å²) in [5, 5.41) is 18.9. The number of amides is 1. The van der Waals surface area contributed by atoms with E-state index in [1.807, 2.05) is 6.92 Å². The first-order valence-corrected chi connectivity index (χ1v) is 8.45. The minimum absolute atomic E-state index is 0.0978. The van der Waals surface area contributed by atoms with Crippen LogP contribution in [0.4, 0.5) is 0 Å². The zero-order valence-electron chi connectivity index (χ0n) is 12.6. The lowest BCUT2D eigenvalue weighted by atomic mass is 10.1. The summed E-state index contributed by atoms with van der Waals surface area (Å²) in [7, 11) is 0. The van der Waals surface area contributed by atoms with Gasteiger partial charge in [-0.2, -0.15) is 0 Å². The SMILES string of the molecule is CCCCC(C(=O)O)N1C(=O)/C(=C/c2cccc(O)c2)SC1=S. The number of phenolic OH excluding ortho intramolecular Hbond substituents is 1. The van der Waals surface area contributed by atoms with E-state index in [0.29, 0.717) is 23.3 Å². The molecule has 2 rings (SSSR count). The number of carboxylic acids is 1. The highest BCUT2D eigenvalue weighted by molar-refractivity contribution is 8.26. The lowest BCUT2D eigenvalue weighted by Gasteiger charge is -2.22. The van der Waals surface area contributed by atoms with E-state index in [0.717, 1.165) is 18.2 Å². The number of nitrogens with zero attached hydrogens (tertiary/aromatic N) is 1. The summed E-state index contributed by atoms with van der Waals surface area (Å²) in [6.45, 7) is 1.96. The van der Waals surface area contributed by atoms with E-state index in [1.54, 1.807) is 18.2 Å². The molecule has 1 heterocycles. The highest BCUT2D eigenvalue weighted by Gasteiger charge is 2.40. The number of carbonyl (C=O) groups excluding carboxylic acids is 1. The van der Waals surface area contributed by atoms with Crippen LogP contribution >= 0.6 is 24.0 Å². The minimum Gasteiger partial charge on any atom is -0.508 e. The molecule has 1 unspecified atom stereocenters. The molecule has 1 fully saturated rings. The van der Waals surface area contributed by atoms with Crippen molar-refractivity contribution >= 4 is 46.3 Å². The van der Waals surface area contributed by atoms with E-state index < -0.39 is 17.9 Å². The lowest BCUT2D eigenvalue weighted by molar-refractivity contribution is -0.145. The molecule has 5 nitrogen and oxygen atoms in total. The molecule has 0 radical (unpaired) electrons. The van der Waals surface area contributed by atoms with Gasteiger partial charge in [-0.05, 0) is 30.2 Å². The molecule has 1 saturated heterocycles. The number of carbonyl (C=O) groups is 2. The van der Waals surface area contributed by atoms with E-state index in [9.17, 15) is 19.8 Å². The number of benzene rings is 1. The third kappa shape index (κ3) is 4.11. The highest BCUT2D eigenvalue weighted by atomic mass is 32.2. The number of aromatic hydroxyl groups is 1. The van der Waals surface area contributed by atoms with Crippen LogP contribution in [0.25, 0.3) is 6.08 Å². The van der Waals surface area contributed by atoms with Gasteiger partial charge in [-0.25, -0.2) is 4.79 Å². The third-order valence-corrected chi connectivity index (χ3v) is 4.75. The Morgan fingerprint density at radius 2 is 2.22 bits per heavy atom. The first kappa shape index (κ1) is 17.5. The summed E-state index contributed by atoms with van der Waals surface area (Å²) >= 11 is 6.28. The molecular weight excluding hydrogens is 334 g/mol. The normalized spacial score (nSPS) is 17.8. The summed E-state index contributed by atoms with van der Waals surface area (Å²) in [5.74, 6) is -1.35. The van der Waals surface area contributed by atoms with Crippen LogP contribution in [0, 0.1) is 0 Å². The summed E-state index contributed by atoms with van der Waals surface area (Å²) in [6, 6.07) is 5.55. The number of thiocarbonyl (C=S) groups is 1. The Hall–Kier alpha value is -1.86. The van der Waals surface area contributed by atoms with Gasteiger partial charge in [0.25, 0.3) is 5.91 Å². The van der Waals surface area contributed by atoms with Gasteiger partial charge in [-0.3, -0.25) is 9.69 Å². The molecule has 1 aromatic rings. The van der Waals surface area contributed by atoms with Gasteiger partial charge in [0, 0.05) is 0 Å². The smallest absolute Gasteiger partial charge is 0.326 e. The van der Waals surface area contributed by atoms with Crippen LogP contribution in [-0.2, 0) is 9.59 Å². The van der Waals surface area contributed by atoms with Crippen molar-refractivity contribution in [3.8, 4) is 5.75 Å². The number of unbranched alkanes of at least 4 members (excludes halogenated alkanes) is 1. The van der Waals surface area contributed by atoms with Gasteiger partial charge >= 0.3 is 5.97 Å².